The van der Waals surface area contributed by atoms with Gasteiger partial charge in [-0.15, -0.1) is 34.9 Å². The predicted molar refractivity (Wildman–Crippen MR) is 104 cm³/mol. The van der Waals surface area contributed by atoms with Gasteiger partial charge < -0.3 is 5.32 Å². The van der Waals surface area contributed by atoms with E-state index < -0.39 is 0 Å². The second-order valence-electron chi connectivity index (χ2n) is 4.95. The molecule has 3 nitrogen and oxygen atoms in total. The van der Waals surface area contributed by atoms with E-state index in [4.69, 9.17) is 0 Å². The van der Waals surface area contributed by atoms with Crippen molar-refractivity contribution in [2.75, 3.05) is 11.6 Å². The first-order valence-corrected chi connectivity index (χ1v) is 10.5. The maximum absolute atomic E-state index is 12.6. The lowest BCUT2D eigenvalue weighted by Crippen LogP contribution is -2.12. The Bertz CT molecular complexity index is 801. The van der Waals surface area contributed by atoms with Crippen molar-refractivity contribution in [2.24, 2.45) is 0 Å². The number of thioether (sulfide) groups is 2. The number of carbonyl (C=O) groups is 1. The van der Waals surface area contributed by atoms with Gasteiger partial charge in [-0.2, -0.15) is 0 Å². The fraction of sp³-hybridized carbons (Fsp3) is 0.111. The number of carbonyl (C=O) groups excluding carboxylic acids is 1. The summed E-state index contributed by atoms with van der Waals surface area (Å²) < 4.78 is 0. The van der Waals surface area contributed by atoms with E-state index in [0.29, 0.717) is 5.56 Å². The van der Waals surface area contributed by atoms with Crippen LogP contribution in [0.2, 0.25) is 0 Å². The molecule has 0 bridgehead atoms. The van der Waals surface area contributed by atoms with Gasteiger partial charge in [0.1, 0.15) is 0 Å². The van der Waals surface area contributed by atoms with Crippen LogP contribution in [-0.4, -0.2) is 17.1 Å². The highest BCUT2D eigenvalue weighted by Gasteiger charge is 2.12. The van der Waals surface area contributed by atoms with Gasteiger partial charge in [0.15, 0.2) is 0 Å². The number of rotatable bonds is 6. The lowest BCUT2D eigenvalue weighted by Gasteiger charge is -2.10. The summed E-state index contributed by atoms with van der Waals surface area (Å²) in [5.74, 6) is 0.671. The number of hydrogen-bond acceptors (Lipinski definition) is 5. The molecule has 0 radical (unpaired) electrons. The number of hydrogen-bond donors (Lipinski definition) is 1. The van der Waals surface area contributed by atoms with E-state index in [1.807, 2.05) is 65.7 Å². The van der Waals surface area contributed by atoms with Gasteiger partial charge >= 0.3 is 0 Å². The van der Waals surface area contributed by atoms with Crippen molar-refractivity contribution < 1.29 is 4.79 Å². The first-order chi connectivity index (χ1) is 11.8. The minimum atomic E-state index is -0.0896. The normalized spacial score (nSPS) is 10.5. The van der Waals surface area contributed by atoms with Gasteiger partial charge in [-0.1, -0.05) is 12.1 Å². The number of anilines is 1. The molecule has 3 rings (SSSR count). The Balaban J connectivity index is 1.71. The Kier molecular flexibility index (Phi) is 5.96. The Morgan fingerprint density at radius 1 is 1.17 bits per heavy atom. The molecule has 6 heteroatoms. The van der Waals surface area contributed by atoms with Crippen molar-refractivity contribution in [3.8, 4) is 0 Å². The molecule has 24 heavy (non-hydrogen) atoms. The SMILES string of the molecule is CSc1ccc(NC(=O)c2ccccc2SCc2cscn2)cc1. The molecule has 0 saturated carbocycles. The molecule has 0 aliphatic heterocycles. The van der Waals surface area contributed by atoms with Crippen LogP contribution in [0, 0.1) is 0 Å². The maximum Gasteiger partial charge on any atom is 0.256 e. The summed E-state index contributed by atoms with van der Waals surface area (Å²) in [6.07, 6.45) is 2.03. The Labute approximate surface area is 153 Å². The molecule has 1 heterocycles. The smallest absolute Gasteiger partial charge is 0.256 e. The van der Waals surface area contributed by atoms with E-state index >= 15 is 0 Å². The minimum Gasteiger partial charge on any atom is -0.322 e. The quantitative estimate of drug-likeness (QED) is 0.588. The van der Waals surface area contributed by atoms with Crippen LogP contribution in [0.15, 0.2) is 69.2 Å². The van der Waals surface area contributed by atoms with Gasteiger partial charge in [0, 0.05) is 26.6 Å². The van der Waals surface area contributed by atoms with E-state index in [1.54, 1.807) is 34.9 Å². The maximum atomic E-state index is 12.6. The molecule has 1 amide bonds. The highest BCUT2D eigenvalue weighted by Crippen LogP contribution is 2.27. The van der Waals surface area contributed by atoms with Gasteiger partial charge in [-0.05, 0) is 42.7 Å². The van der Waals surface area contributed by atoms with Crippen molar-refractivity contribution in [3.05, 3.63) is 70.7 Å². The van der Waals surface area contributed by atoms with Crippen LogP contribution in [0.4, 0.5) is 5.69 Å². The highest BCUT2D eigenvalue weighted by atomic mass is 32.2. The Morgan fingerprint density at radius 3 is 2.67 bits per heavy atom. The van der Waals surface area contributed by atoms with E-state index in [1.165, 1.54) is 4.90 Å². The van der Waals surface area contributed by atoms with Crippen molar-refractivity contribution in [1.82, 2.24) is 4.98 Å². The number of nitrogens with one attached hydrogen (secondary N) is 1. The fourth-order valence-electron chi connectivity index (χ4n) is 2.11. The zero-order valence-corrected chi connectivity index (χ0v) is 15.5. The number of nitrogens with zero attached hydrogens (tertiary/aromatic N) is 1. The van der Waals surface area contributed by atoms with Gasteiger partial charge in [0.05, 0.1) is 16.8 Å². The topological polar surface area (TPSA) is 42.0 Å². The van der Waals surface area contributed by atoms with Crippen molar-refractivity contribution in [1.29, 1.82) is 0 Å². The molecule has 0 aliphatic carbocycles. The molecule has 0 saturated heterocycles. The summed E-state index contributed by atoms with van der Waals surface area (Å²) in [5.41, 5.74) is 4.35. The molecule has 122 valence electrons. The summed E-state index contributed by atoms with van der Waals surface area (Å²) in [6.45, 7) is 0. The summed E-state index contributed by atoms with van der Waals surface area (Å²) in [4.78, 5) is 19.0. The van der Waals surface area contributed by atoms with Crippen LogP contribution in [0.5, 0.6) is 0 Å². The monoisotopic (exact) mass is 372 g/mol. The van der Waals surface area contributed by atoms with Crippen molar-refractivity contribution in [2.45, 2.75) is 15.5 Å². The summed E-state index contributed by atoms with van der Waals surface area (Å²) >= 11 is 4.89. The average Bonchev–Trinajstić information content (AvgIpc) is 3.14. The van der Waals surface area contributed by atoms with Crippen LogP contribution < -0.4 is 5.32 Å². The second kappa shape index (κ2) is 8.37. The van der Waals surface area contributed by atoms with Crippen LogP contribution in [0.25, 0.3) is 0 Å². The lowest BCUT2D eigenvalue weighted by atomic mass is 10.2. The molecule has 0 aliphatic rings. The van der Waals surface area contributed by atoms with Crippen molar-refractivity contribution in [3.63, 3.8) is 0 Å². The number of aromatic nitrogens is 1. The minimum absolute atomic E-state index is 0.0896. The molecular weight excluding hydrogens is 356 g/mol. The molecule has 3 aromatic rings. The van der Waals surface area contributed by atoms with E-state index in [0.717, 1.165) is 22.0 Å². The summed E-state index contributed by atoms with van der Waals surface area (Å²) in [7, 11) is 0. The summed E-state index contributed by atoms with van der Waals surface area (Å²) in [5, 5.41) is 5.00. The Hall–Kier alpha value is -1.76. The Morgan fingerprint density at radius 2 is 1.96 bits per heavy atom. The van der Waals surface area contributed by atoms with Crippen LogP contribution in [0.3, 0.4) is 0 Å². The molecular formula is C18H16N2OS3. The molecule has 1 N–H and O–H groups in total. The first-order valence-electron chi connectivity index (χ1n) is 7.30. The van der Waals surface area contributed by atoms with E-state index in [-0.39, 0.29) is 5.91 Å². The van der Waals surface area contributed by atoms with Crippen LogP contribution in [-0.2, 0) is 5.75 Å². The molecule has 0 unspecified atom stereocenters. The third-order valence-corrected chi connectivity index (χ3v) is 5.82. The lowest BCUT2D eigenvalue weighted by molar-refractivity contribution is 0.102. The number of thiazole rings is 1. The van der Waals surface area contributed by atoms with Crippen LogP contribution >= 0.6 is 34.9 Å². The average molecular weight is 373 g/mol. The molecule has 2 aromatic carbocycles. The first kappa shape index (κ1) is 17.1. The highest BCUT2D eigenvalue weighted by molar-refractivity contribution is 7.98. The van der Waals surface area contributed by atoms with E-state index in [2.05, 4.69) is 10.3 Å². The zero-order valence-electron chi connectivity index (χ0n) is 13.1. The molecule has 0 spiro atoms. The third kappa shape index (κ3) is 4.41. The van der Waals surface area contributed by atoms with Gasteiger partial charge in [-0.25, -0.2) is 4.98 Å². The zero-order chi connectivity index (χ0) is 16.8. The summed E-state index contributed by atoms with van der Waals surface area (Å²) in [6, 6.07) is 15.5. The standard InChI is InChI=1S/C18H16N2OS3/c1-22-15-8-6-13(7-9-15)20-18(21)16-4-2-3-5-17(16)24-11-14-10-23-12-19-14/h2-10,12H,11H2,1H3,(H,20,21). The van der Waals surface area contributed by atoms with Gasteiger partial charge in [0.2, 0.25) is 0 Å². The molecule has 0 atom stereocenters. The van der Waals surface area contributed by atoms with E-state index in [9.17, 15) is 4.79 Å². The van der Waals surface area contributed by atoms with Gasteiger partial charge in [-0.3, -0.25) is 4.79 Å². The van der Waals surface area contributed by atoms with Gasteiger partial charge in [0.25, 0.3) is 5.91 Å². The van der Waals surface area contributed by atoms with Crippen LogP contribution in [0.1, 0.15) is 16.1 Å². The van der Waals surface area contributed by atoms with Crippen molar-refractivity contribution >= 4 is 46.5 Å². The molecule has 0 fully saturated rings. The number of benzene rings is 2. The predicted octanol–water partition coefficient (Wildman–Crippen LogP) is 5.41. The second-order valence-corrected chi connectivity index (χ2v) is 7.56. The fourth-order valence-corrected chi connectivity index (χ4v) is 4.14. The largest absolute Gasteiger partial charge is 0.322 e. The molecule has 1 aromatic heterocycles. The number of amides is 1. The third-order valence-electron chi connectivity index (χ3n) is 3.34.